The fraction of sp³-hybridized carbons (Fsp3) is 0.478. The van der Waals surface area contributed by atoms with Crippen LogP contribution in [-0.2, 0) is 17.6 Å². The van der Waals surface area contributed by atoms with E-state index in [9.17, 15) is 4.79 Å². The zero-order chi connectivity index (χ0) is 20.7. The van der Waals surface area contributed by atoms with Crippen LogP contribution >= 0.6 is 23.1 Å². The summed E-state index contributed by atoms with van der Waals surface area (Å²) in [5.41, 5.74) is 4.61. The molecular formula is C23H27N3O2S2. The van der Waals surface area contributed by atoms with Crippen LogP contribution in [0.3, 0.4) is 0 Å². The Kier molecular flexibility index (Phi) is 5.71. The van der Waals surface area contributed by atoms with Crippen molar-refractivity contribution < 1.29 is 4.74 Å². The van der Waals surface area contributed by atoms with Crippen molar-refractivity contribution in [3.63, 3.8) is 0 Å². The second kappa shape index (κ2) is 8.46. The Bertz CT molecular complexity index is 1150. The summed E-state index contributed by atoms with van der Waals surface area (Å²) >= 11 is 3.42. The number of morpholine rings is 1. The first-order valence-corrected chi connectivity index (χ1v) is 12.5. The molecule has 0 unspecified atom stereocenters. The Balaban J connectivity index is 1.56. The number of hydrogen-bond donors (Lipinski definition) is 0. The molecule has 0 amide bonds. The first-order chi connectivity index (χ1) is 14.6. The average molecular weight is 442 g/mol. The van der Waals surface area contributed by atoms with Gasteiger partial charge < -0.3 is 4.74 Å². The van der Waals surface area contributed by atoms with Gasteiger partial charge in [-0.3, -0.25) is 14.3 Å². The van der Waals surface area contributed by atoms with Crippen LogP contribution in [0, 0.1) is 13.8 Å². The quantitative estimate of drug-likeness (QED) is 0.443. The Labute approximate surface area is 185 Å². The molecule has 5 rings (SSSR count). The maximum absolute atomic E-state index is 13.8. The van der Waals surface area contributed by atoms with Crippen molar-refractivity contribution in [1.82, 2.24) is 14.5 Å². The number of hydrogen-bond acceptors (Lipinski definition) is 6. The van der Waals surface area contributed by atoms with Gasteiger partial charge in [0.1, 0.15) is 4.83 Å². The van der Waals surface area contributed by atoms with Gasteiger partial charge in [0.05, 0.1) is 24.3 Å². The standard InChI is InChI=1S/C23H27N3O2S2/c1-15-6-7-18(16(2)14-15)26-22(27)20-17-4-3-5-19(17)30-21(20)24-23(26)29-13-10-25-8-11-28-12-9-25/h6-7,14H,3-5,8-13H2,1-2H3. The van der Waals surface area contributed by atoms with E-state index < -0.39 is 0 Å². The lowest BCUT2D eigenvalue weighted by Crippen LogP contribution is -2.37. The van der Waals surface area contributed by atoms with Gasteiger partial charge >= 0.3 is 0 Å². The van der Waals surface area contributed by atoms with E-state index >= 15 is 0 Å². The molecule has 7 heteroatoms. The molecule has 1 aromatic carbocycles. The van der Waals surface area contributed by atoms with Crippen LogP contribution < -0.4 is 5.56 Å². The van der Waals surface area contributed by atoms with Gasteiger partial charge in [0, 0.05) is 30.3 Å². The summed E-state index contributed by atoms with van der Waals surface area (Å²) in [4.78, 5) is 23.5. The minimum Gasteiger partial charge on any atom is -0.379 e. The zero-order valence-corrected chi connectivity index (χ0v) is 19.2. The lowest BCUT2D eigenvalue weighted by molar-refractivity contribution is 0.0410. The molecule has 0 spiro atoms. The Morgan fingerprint density at radius 3 is 2.83 bits per heavy atom. The minimum absolute atomic E-state index is 0.0974. The topological polar surface area (TPSA) is 47.4 Å². The molecule has 0 bridgehead atoms. The van der Waals surface area contributed by atoms with Crippen LogP contribution in [0.1, 0.15) is 28.0 Å². The molecule has 1 saturated heterocycles. The third-order valence-electron chi connectivity index (χ3n) is 6.04. The molecule has 5 nitrogen and oxygen atoms in total. The van der Waals surface area contributed by atoms with Crippen molar-refractivity contribution in [2.75, 3.05) is 38.6 Å². The first kappa shape index (κ1) is 20.2. The highest BCUT2D eigenvalue weighted by atomic mass is 32.2. The zero-order valence-electron chi connectivity index (χ0n) is 17.6. The highest BCUT2D eigenvalue weighted by molar-refractivity contribution is 7.99. The van der Waals surface area contributed by atoms with Crippen molar-refractivity contribution in [3.8, 4) is 5.69 Å². The number of benzene rings is 1. The van der Waals surface area contributed by atoms with Crippen LogP contribution in [0.25, 0.3) is 15.9 Å². The predicted molar refractivity (Wildman–Crippen MR) is 125 cm³/mol. The van der Waals surface area contributed by atoms with Crippen molar-refractivity contribution in [2.24, 2.45) is 0 Å². The molecule has 30 heavy (non-hydrogen) atoms. The molecule has 0 N–H and O–H groups in total. The summed E-state index contributed by atoms with van der Waals surface area (Å²) in [6.45, 7) is 8.73. The van der Waals surface area contributed by atoms with Gasteiger partial charge in [-0.25, -0.2) is 4.98 Å². The minimum atomic E-state index is 0.0974. The Morgan fingerprint density at radius 2 is 2.03 bits per heavy atom. The summed E-state index contributed by atoms with van der Waals surface area (Å²) < 4.78 is 7.32. The molecule has 1 fully saturated rings. The molecule has 1 aliphatic heterocycles. The largest absolute Gasteiger partial charge is 0.379 e. The summed E-state index contributed by atoms with van der Waals surface area (Å²) in [7, 11) is 0. The summed E-state index contributed by atoms with van der Waals surface area (Å²) in [6.07, 6.45) is 3.23. The number of aromatic nitrogens is 2. The van der Waals surface area contributed by atoms with E-state index in [1.54, 1.807) is 23.1 Å². The van der Waals surface area contributed by atoms with E-state index in [1.165, 1.54) is 16.0 Å². The van der Waals surface area contributed by atoms with Crippen LogP contribution in [0.2, 0.25) is 0 Å². The Hall–Kier alpha value is -1.67. The van der Waals surface area contributed by atoms with Gasteiger partial charge in [0.2, 0.25) is 0 Å². The number of thiophene rings is 1. The SMILES string of the molecule is Cc1ccc(-n2c(SCCN3CCOCC3)nc3sc4c(c3c2=O)CCC4)c(C)c1. The molecule has 0 atom stereocenters. The molecule has 0 saturated carbocycles. The highest BCUT2D eigenvalue weighted by Crippen LogP contribution is 2.36. The third-order valence-corrected chi connectivity index (χ3v) is 8.15. The number of rotatable bonds is 5. The van der Waals surface area contributed by atoms with Gasteiger partial charge in [-0.15, -0.1) is 11.3 Å². The van der Waals surface area contributed by atoms with Crippen LogP contribution in [-0.4, -0.2) is 53.1 Å². The van der Waals surface area contributed by atoms with Gasteiger partial charge in [-0.2, -0.15) is 0 Å². The summed E-state index contributed by atoms with van der Waals surface area (Å²) in [6, 6.07) is 6.30. The monoisotopic (exact) mass is 441 g/mol. The number of thioether (sulfide) groups is 1. The molecule has 3 aromatic rings. The predicted octanol–water partition coefficient (Wildman–Crippen LogP) is 3.98. The third kappa shape index (κ3) is 3.73. The highest BCUT2D eigenvalue weighted by Gasteiger charge is 2.24. The van der Waals surface area contributed by atoms with E-state index in [1.807, 2.05) is 4.57 Å². The van der Waals surface area contributed by atoms with Crippen molar-refractivity contribution in [2.45, 2.75) is 38.3 Å². The van der Waals surface area contributed by atoms with E-state index in [2.05, 4.69) is 36.9 Å². The van der Waals surface area contributed by atoms with Gasteiger partial charge in [-0.1, -0.05) is 29.5 Å². The maximum atomic E-state index is 13.8. The van der Waals surface area contributed by atoms with E-state index in [4.69, 9.17) is 9.72 Å². The molecule has 1 aliphatic carbocycles. The van der Waals surface area contributed by atoms with E-state index in [0.717, 1.165) is 84.5 Å². The second-order valence-electron chi connectivity index (χ2n) is 8.16. The van der Waals surface area contributed by atoms with Crippen LogP contribution in [0.15, 0.2) is 28.2 Å². The molecule has 158 valence electrons. The van der Waals surface area contributed by atoms with E-state index in [0.29, 0.717) is 0 Å². The fourth-order valence-electron chi connectivity index (χ4n) is 4.48. The summed E-state index contributed by atoms with van der Waals surface area (Å²) in [5.74, 6) is 0.911. The molecule has 2 aliphatic rings. The van der Waals surface area contributed by atoms with E-state index in [-0.39, 0.29) is 5.56 Å². The number of ether oxygens (including phenoxy) is 1. The summed E-state index contributed by atoms with van der Waals surface area (Å²) in [5, 5.41) is 1.66. The number of fused-ring (bicyclic) bond motifs is 3. The maximum Gasteiger partial charge on any atom is 0.267 e. The molecule has 3 heterocycles. The lowest BCUT2D eigenvalue weighted by atomic mass is 10.1. The fourth-order valence-corrected chi connectivity index (χ4v) is 6.79. The van der Waals surface area contributed by atoms with Crippen LogP contribution in [0.4, 0.5) is 0 Å². The normalized spacial score (nSPS) is 17.0. The van der Waals surface area contributed by atoms with Gasteiger partial charge in [0.25, 0.3) is 5.56 Å². The molecule has 2 aromatic heterocycles. The van der Waals surface area contributed by atoms with Crippen molar-refractivity contribution >= 4 is 33.3 Å². The van der Waals surface area contributed by atoms with Gasteiger partial charge in [0.15, 0.2) is 5.16 Å². The van der Waals surface area contributed by atoms with Crippen molar-refractivity contribution in [1.29, 1.82) is 0 Å². The Morgan fingerprint density at radius 1 is 1.20 bits per heavy atom. The number of aryl methyl sites for hydroxylation is 4. The lowest BCUT2D eigenvalue weighted by Gasteiger charge is -2.26. The van der Waals surface area contributed by atoms with Crippen molar-refractivity contribution in [3.05, 3.63) is 50.1 Å². The smallest absolute Gasteiger partial charge is 0.267 e. The van der Waals surface area contributed by atoms with Crippen LogP contribution in [0.5, 0.6) is 0 Å². The molecular weight excluding hydrogens is 414 g/mol. The average Bonchev–Trinajstić information content (AvgIpc) is 3.31. The van der Waals surface area contributed by atoms with Gasteiger partial charge in [-0.05, 0) is 50.3 Å². The number of nitrogens with zero attached hydrogens (tertiary/aromatic N) is 3. The second-order valence-corrected chi connectivity index (χ2v) is 10.3. The molecule has 0 radical (unpaired) electrons. The first-order valence-electron chi connectivity index (χ1n) is 10.7.